The molecule has 14 heteroatoms. The van der Waals surface area contributed by atoms with E-state index in [0.29, 0.717) is 12.3 Å². The molecule has 1 aliphatic heterocycles. The number of aromatic nitrogens is 3. The number of ether oxygens (including phenoxy) is 2. The summed E-state index contributed by atoms with van der Waals surface area (Å²) < 4.78 is 59.1. The maximum Gasteiger partial charge on any atom is 0.401 e. The number of morpholine rings is 1. The topological polar surface area (TPSA) is 106 Å². The van der Waals surface area contributed by atoms with E-state index >= 15 is 0 Å². The van der Waals surface area contributed by atoms with Crippen molar-refractivity contribution in [1.29, 1.82) is 0 Å². The molecule has 1 saturated heterocycles. The van der Waals surface area contributed by atoms with Crippen LogP contribution < -0.4 is 15.4 Å². The molecule has 1 fully saturated rings. The molecule has 0 unspecified atom stereocenters. The molecule has 2 N–H and O–H groups in total. The van der Waals surface area contributed by atoms with Crippen molar-refractivity contribution in [2.75, 3.05) is 50.1 Å². The molecular formula is C29H29F3N6O4S. The van der Waals surface area contributed by atoms with Crippen LogP contribution in [0, 0.1) is 0 Å². The fraction of sp³-hybridized carbons (Fsp3) is 0.345. The smallest absolute Gasteiger partial charge is 0.401 e. The van der Waals surface area contributed by atoms with Gasteiger partial charge >= 0.3 is 12.2 Å². The number of anilines is 2. The average Bonchev–Trinajstić information content (AvgIpc) is 3.69. The van der Waals surface area contributed by atoms with Crippen LogP contribution in [0.1, 0.15) is 19.6 Å². The first kappa shape index (κ1) is 29.0. The number of hydrogen-bond donors (Lipinski definition) is 2. The number of amides is 2. The quantitative estimate of drug-likeness (QED) is 0.208. The Hall–Kier alpha value is -4.14. The number of imidazole rings is 1. The van der Waals surface area contributed by atoms with Crippen LogP contribution in [-0.2, 0) is 10.2 Å². The van der Waals surface area contributed by atoms with Crippen molar-refractivity contribution in [3.63, 3.8) is 0 Å². The first-order valence-corrected chi connectivity index (χ1v) is 14.5. The number of thiazole rings is 1. The molecule has 2 aromatic carbocycles. The van der Waals surface area contributed by atoms with Gasteiger partial charge in [-0.3, -0.25) is 14.6 Å². The molecule has 0 saturated carbocycles. The Labute approximate surface area is 248 Å². The van der Waals surface area contributed by atoms with Crippen LogP contribution in [0.2, 0.25) is 0 Å². The number of rotatable bonds is 8. The minimum absolute atomic E-state index is 0.126. The molecule has 10 nitrogen and oxygen atoms in total. The fourth-order valence-electron chi connectivity index (χ4n) is 4.60. The predicted octanol–water partition coefficient (Wildman–Crippen LogP) is 6.40. The highest BCUT2D eigenvalue weighted by Crippen LogP contribution is 2.41. The van der Waals surface area contributed by atoms with E-state index in [2.05, 4.69) is 20.7 Å². The molecule has 1 aliphatic rings. The van der Waals surface area contributed by atoms with Crippen LogP contribution in [0.3, 0.4) is 0 Å². The van der Waals surface area contributed by atoms with Gasteiger partial charge in [0.1, 0.15) is 17.8 Å². The van der Waals surface area contributed by atoms with Crippen molar-refractivity contribution in [1.82, 2.24) is 19.4 Å². The van der Waals surface area contributed by atoms with E-state index in [-0.39, 0.29) is 5.82 Å². The summed E-state index contributed by atoms with van der Waals surface area (Å²) in [5.41, 5.74) is 0.892. The summed E-state index contributed by atoms with van der Waals surface area (Å²) in [5.74, 6) is 0.297. The second-order valence-electron chi connectivity index (χ2n) is 10.7. The lowest BCUT2D eigenvalue weighted by Crippen LogP contribution is -2.38. The van der Waals surface area contributed by atoms with Crippen LogP contribution >= 0.6 is 11.3 Å². The third-order valence-corrected chi connectivity index (χ3v) is 8.38. The van der Waals surface area contributed by atoms with E-state index in [1.54, 1.807) is 23.5 Å². The zero-order valence-corrected chi connectivity index (χ0v) is 24.2. The Bertz CT molecular complexity index is 1740. The van der Waals surface area contributed by atoms with Gasteiger partial charge in [-0.2, -0.15) is 13.2 Å². The molecule has 2 amide bonds. The number of benzene rings is 2. The Kier molecular flexibility index (Phi) is 7.75. The van der Waals surface area contributed by atoms with Crippen molar-refractivity contribution in [3.05, 3.63) is 60.5 Å². The van der Waals surface area contributed by atoms with E-state index in [4.69, 9.17) is 19.0 Å². The lowest BCUT2D eigenvalue weighted by atomic mass is 9.89. The molecule has 0 spiro atoms. The molecule has 0 bridgehead atoms. The molecule has 43 heavy (non-hydrogen) atoms. The summed E-state index contributed by atoms with van der Waals surface area (Å²) in [6, 6.07) is 13.5. The minimum Gasteiger partial charge on any atom is -0.492 e. The van der Waals surface area contributed by atoms with Gasteiger partial charge < -0.3 is 19.3 Å². The van der Waals surface area contributed by atoms with E-state index in [1.807, 2.05) is 40.9 Å². The molecule has 6 rings (SSSR count). The molecular weight excluding hydrogens is 585 g/mol. The molecule has 0 atom stereocenters. The van der Waals surface area contributed by atoms with Crippen LogP contribution in [0.25, 0.3) is 26.4 Å². The maximum absolute atomic E-state index is 13.2. The number of urea groups is 1. The highest BCUT2D eigenvalue weighted by molar-refractivity contribution is 7.23. The first-order valence-electron chi connectivity index (χ1n) is 13.6. The highest BCUT2D eigenvalue weighted by Gasteiger charge is 2.51. The highest BCUT2D eigenvalue weighted by atomic mass is 32.1. The number of carbonyl (C=O) groups excluding carboxylic acids is 1. The minimum atomic E-state index is -4.53. The third kappa shape index (κ3) is 6.17. The van der Waals surface area contributed by atoms with Crippen LogP contribution in [0.15, 0.2) is 59.3 Å². The van der Waals surface area contributed by atoms with Crippen LogP contribution in [0.5, 0.6) is 5.75 Å². The molecule has 0 aliphatic carbocycles. The number of carbonyl (C=O) groups is 1. The number of halogens is 3. The Morgan fingerprint density at radius 1 is 1.07 bits per heavy atom. The Balaban J connectivity index is 1.07. The number of nitrogens with one attached hydrogen (secondary N) is 2. The monoisotopic (exact) mass is 614 g/mol. The zero-order valence-electron chi connectivity index (χ0n) is 23.4. The van der Waals surface area contributed by atoms with Crippen molar-refractivity contribution < 1.29 is 32.0 Å². The van der Waals surface area contributed by atoms with E-state index in [9.17, 15) is 18.0 Å². The van der Waals surface area contributed by atoms with Crippen LogP contribution in [0.4, 0.5) is 29.5 Å². The van der Waals surface area contributed by atoms with Crippen LogP contribution in [-0.4, -0.2) is 71.1 Å². The average molecular weight is 615 g/mol. The van der Waals surface area contributed by atoms with E-state index < -0.39 is 23.4 Å². The SMILES string of the molecule is CC(C)(c1cc(NC(=O)Nc2ccc(-c3cn4c(n3)sc3cc(OCCN5CCOCC5)ccc34)cc2)no1)C(F)(F)F. The standard InChI is InChI=1S/C29H29F3N6O4S/c1-28(2,29(30,31)32)24-16-25(36-42-24)35-26(39)33-19-5-3-18(4-6-19)21-17-38-22-8-7-20(15-23(22)43-27(38)34-21)41-14-11-37-9-12-40-13-10-37/h3-8,15-17H,9-14H2,1-2H3,(H2,33,35,36,39). The van der Waals surface area contributed by atoms with Gasteiger partial charge in [-0.25, -0.2) is 9.78 Å². The second kappa shape index (κ2) is 11.5. The van der Waals surface area contributed by atoms with Gasteiger partial charge in [0.05, 0.1) is 29.1 Å². The number of hydrogen-bond acceptors (Lipinski definition) is 8. The summed E-state index contributed by atoms with van der Waals surface area (Å²) in [6.07, 6.45) is -2.57. The van der Waals surface area contributed by atoms with Crippen molar-refractivity contribution >= 4 is 44.1 Å². The maximum atomic E-state index is 13.2. The van der Waals surface area contributed by atoms with E-state index in [1.165, 1.54) is 0 Å². The summed E-state index contributed by atoms with van der Waals surface area (Å²) in [5, 5.41) is 8.56. The van der Waals surface area contributed by atoms with Gasteiger partial charge in [0, 0.05) is 43.1 Å². The summed E-state index contributed by atoms with van der Waals surface area (Å²) in [4.78, 5) is 20.4. The van der Waals surface area contributed by atoms with Crippen molar-refractivity contribution in [2.45, 2.75) is 25.4 Å². The van der Waals surface area contributed by atoms with Gasteiger partial charge in [-0.1, -0.05) is 28.6 Å². The molecule has 3 aromatic heterocycles. The van der Waals surface area contributed by atoms with Crippen molar-refractivity contribution in [3.8, 4) is 17.0 Å². The first-order chi connectivity index (χ1) is 20.6. The van der Waals surface area contributed by atoms with Gasteiger partial charge in [0.15, 0.2) is 16.5 Å². The number of fused-ring (bicyclic) bond motifs is 3. The molecule has 226 valence electrons. The summed E-state index contributed by atoms with van der Waals surface area (Å²) in [6.45, 7) is 6.84. The zero-order chi connectivity index (χ0) is 30.2. The third-order valence-electron chi connectivity index (χ3n) is 7.36. The van der Waals surface area contributed by atoms with E-state index in [0.717, 1.165) is 84.9 Å². The Morgan fingerprint density at radius 3 is 2.58 bits per heavy atom. The largest absolute Gasteiger partial charge is 0.492 e. The van der Waals surface area contributed by atoms with Gasteiger partial charge in [0.25, 0.3) is 0 Å². The summed E-state index contributed by atoms with van der Waals surface area (Å²) >= 11 is 1.57. The molecule has 5 aromatic rings. The summed E-state index contributed by atoms with van der Waals surface area (Å²) in [7, 11) is 0. The van der Waals surface area contributed by atoms with Gasteiger partial charge in [0.2, 0.25) is 0 Å². The van der Waals surface area contributed by atoms with Gasteiger partial charge in [-0.05, 0) is 44.2 Å². The Morgan fingerprint density at radius 2 is 1.84 bits per heavy atom. The lowest BCUT2D eigenvalue weighted by Gasteiger charge is -2.26. The van der Waals surface area contributed by atoms with Crippen molar-refractivity contribution in [2.24, 2.45) is 0 Å². The normalized spacial score (nSPS) is 14.8. The lowest BCUT2D eigenvalue weighted by molar-refractivity contribution is -0.185. The fourth-order valence-corrected chi connectivity index (χ4v) is 5.64. The number of nitrogens with zero attached hydrogens (tertiary/aromatic N) is 4. The van der Waals surface area contributed by atoms with Gasteiger partial charge in [-0.15, -0.1) is 0 Å². The number of alkyl halides is 3. The molecule has 0 radical (unpaired) electrons. The second-order valence-corrected chi connectivity index (χ2v) is 11.7. The predicted molar refractivity (Wildman–Crippen MR) is 157 cm³/mol. The molecule has 4 heterocycles.